The number of alkyl halides is 3. The van der Waals surface area contributed by atoms with E-state index in [-0.39, 0.29) is 12.5 Å². The van der Waals surface area contributed by atoms with Crippen molar-refractivity contribution in [1.29, 1.82) is 0 Å². The molecule has 138 valence electrons. The number of aromatic nitrogens is 2. The standard InChI is InChI=1S/C16H21F3N4O2/c1-25-14(13-3-2-7-23(13)15(24)16(17,18)19)22-8-4-11(10-22)12-9-20-5-6-21-12/h5-6,9,11,13-14H,2-4,7-8,10H2,1H3. The van der Waals surface area contributed by atoms with Crippen molar-refractivity contribution < 1.29 is 22.7 Å². The largest absolute Gasteiger partial charge is 0.471 e. The first-order valence-corrected chi connectivity index (χ1v) is 8.32. The summed E-state index contributed by atoms with van der Waals surface area (Å²) in [7, 11) is 1.48. The molecule has 0 bridgehead atoms. The topological polar surface area (TPSA) is 58.6 Å². The van der Waals surface area contributed by atoms with Crippen molar-refractivity contribution in [2.75, 3.05) is 26.7 Å². The van der Waals surface area contributed by atoms with Crippen LogP contribution in [0.3, 0.4) is 0 Å². The van der Waals surface area contributed by atoms with E-state index in [1.54, 1.807) is 18.6 Å². The fourth-order valence-electron chi connectivity index (χ4n) is 3.83. The molecule has 3 unspecified atom stereocenters. The van der Waals surface area contributed by atoms with Gasteiger partial charge in [0.15, 0.2) is 0 Å². The molecule has 0 N–H and O–H groups in total. The molecule has 3 heterocycles. The van der Waals surface area contributed by atoms with E-state index in [2.05, 4.69) is 9.97 Å². The molecule has 3 atom stereocenters. The summed E-state index contributed by atoms with van der Waals surface area (Å²) in [6.07, 6.45) is 1.44. The molecule has 0 aromatic carbocycles. The van der Waals surface area contributed by atoms with Gasteiger partial charge in [0, 0.05) is 51.3 Å². The molecule has 0 spiro atoms. The molecule has 25 heavy (non-hydrogen) atoms. The van der Waals surface area contributed by atoms with Crippen molar-refractivity contribution in [3.63, 3.8) is 0 Å². The summed E-state index contributed by atoms with van der Waals surface area (Å²) in [5.74, 6) is -1.61. The van der Waals surface area contributed by atoms with E-state index >= 15 is 0 Å². The minimum Gasteiger partial charge on any atom is -0.364 e. The van der Waals surface area contributed by atoms with Crippen molar-refractivity contribution in [2.24, 2.45) is 0 Å². The van der Waals surface area contributed by atoms with Gasteiger partial charge < -0.3 is 9.64 Å². The van der Waals surface area contributed by atoms with Gasteiger partial charge in [0.2, 0.25) is 0 Å². The molecule has 1 aromatic rings. The van der Waals surface area contributed by atoms with Gasteiger partial charge in [-0.15, -0.1) is 0 Å². The van der Waals surface area contributed by atoms with Gasteiger partial charge in [0.25, 0.3) is 0 Å². The number of ether oxygens (including phenoxy) is 1. The van der Waals surface area contributed by atoms with Crippen molar-refractivity contribution in [3.8, 4) is 0 Å². The Kier molecular flexibility index (Phi) is 5.24. The first-order valence-electron chi connectivity index (χ1n) is 8.32. The third-order valence-corrected chi connectivity index (χ3v) is 4.95. The van der Waals surface area contributed by atoms with Gasteiger partial charge in [0.1, 0.15) is 6.23 Å². The van der Waals surface area contributed by atoms with Gasteiger partial charge in [-0.3, -0.25) is 19.7 Å². The zero-order valence-corrected chi connectivity index (χ0v) is 13.9. The number of rotatable bonds is 4. The Labute approximate surface area is 144 Å². The van der Waals surface area contributed by atoms with Crippen LogP contribution in [0.4, 0.5) is 13.2 Å². The van der Waals surface area contributed by atoms with Crippen LogP contribution in [0.15, 0.2) is 18.6 Å². The second-order valence-corrected chi connectivity index (χ2v) is 6.44. The highest BCUT2D eigenvalue weighted by Gasteiger charge is 2.49. The Bertz CT molecular complexity index is 599. The van der Waals surface area contributed by atoms with E-state index in [0.29, 0.717) is 25.9 Å². The van der Waals surface area contributed by atoms with E-state index in [4.69, 9.17) is 4.74 Å². The molecule has 6 nitrogen and oxygen atoms in total. The number of carbonyl (C=O) groups is 1. The van der Waals surface area contributed by atoms with Gasteiger partial charge in [-0.1, -0.05) is 0 Å². The quantitative estimate of drug-likeness (QED) is 0.821. The predicted molar refractivity (Wildman–Crippen MR) is 82.6 cm³/mol. The highest BCUT2D eigenvalue weighted by atomic mass is 19.4. The van der Waals surface area contributed by atoms with Gasteiger partial charge in [-0.05, 0) is 19.3 Å². The van der Waals surface area contributed by atoms with Gasteiger partial charge >= 0.3 is 12.1 Å². The number of methoxy groups -OCH3 is 1. The van der Waals surface area contributed by atoms with E-state index in [1.165, 1.54) is 7.11 Å². The first-order chi connectivity index (χ1) is 11.9. The van der Waals surface area contributed by atoms with E-state index in [9.17, 15) is 18.0 Å². The van der Waals surface area contributed by atoms with Crippen LogP contribution in [-0.4, -0.2) is 70.9 Å². The van der Waals surface area contributed by atoms with Crippen LogP contribution in [0, 0.1) is 0 Å². The summed E-state index contributed by atoms with van der Waals surface area (Å²) in [6.45, 7) is 1.43. The molecule has 9 heteroatoms. The Hall–Kier alpha value is -1.74. The van der Waals surface area contributed by atoms with Crippen LogP contribution in [0.25, 0.3) is 0 Å². The second-order valence-electron chi connectivity index (χ2n) is 6.44. The third-order valence-electron chi connectivity index (χ3n) is 4.95. The summed E-state index contributed by atoms with van der Waals surface area (Å²) in [5.41, 5.74) is 0.870. The summed E-state index contributed by atoms with van der Waals surface area (Å²) >= 11 is 0. The van der Waals surface area contributed by atoms with Crippen molar-refractivity contribution >= 4 is 5.91 Å². The molecule has 2 aliphatic heterocycles. The highest BCUT2D eigenvalue weighted by Crippen LogP contribution is 2.33. The Morgan fingerprint density at radius 1 is 1.32 bits per heavy atom. The maximum Gasteiger partial charge on any atom is 0.471 e. The smallest absolute Gasteiger partial charge is 0.364 e. The lowest BCUT2D eigenvalue weighted by Crippen LogP contribution is -2.54. The number of nitrogens with zero attached hydrogens (tertiary/aromatic N) is 4. The maximum absolute atomic E-state index is 12.8. The Morgan fingerprint density at radius 3 is 2.76 bits per heavy atom. The van der Waals surface area contributed by atoms with Gasteiger partial charge in [0.05, 0.1) is 11.7 Å². The van der Waals surface area contributed by atoms with Crippen molar-refractivity contribution in [2.45, 2.75) is 43.6 Å². The van der Waals surface area contributed by atoms with Crippen molar-refractivity contribution in [3.05, 3.63) is 24.3 Å². The minimum absolute atomic E-state index is 0.115. The predicted octanol–water partition coefficient (Wildman–Crippen LogP) is 1.79. The summed E-state index contributed by atoms with van der Waals surface area (Å²) in [6, 6.07) is -0.584. The molecular weight excluding hydrogens is 337 g/mol. The average molecular weight is 358 g/mol. The van der Waals surface area contributed by atoms with Crippen molar-refractivity contribution in [1.82, 2.24) is 19.8 Å². The Morgan fingerprint density at radius 2 is 2.12 bits per heavy atom. The molecule has 2 fully saturated rings. The zero-order valence-electron chi connectivity index (χ0n) is 13.9. The van der Waals surface area contributed by atoms with Gasteiger partial charge in [-0.2, -0.15) is 13.2 Å². The maximum atomic E-state index is 12.8. The number of amides is 1. The van der Waals surface area contributed by atoms with Gasteiger partial charge in [-0.25, -0.2) is 0 Å². The molecule has 0 radical (unpaired) electrons. The minimum atomic E-state index is -4.85. The van der Waals surface area contributed by atoms with E-state index < -0.39 is 24.4 Å². The summed E-state index contributed by atoms with van der Waals surface area (Å²) < 4.78 is 44.0. The van der Waals surface area contributed by atoms with Crippen LogP contribution < -0.4 is 0 Å². The van der Waals surface area contributed by atoms with Crippen LogP contribution in [0.2, 0.25) is 0 Å². The number of halogens is 3. The molecular formula is C16H21F3N4O2. The lowest BCUT2D eigenvalue weighted by Gasteiger charge is -2.36. The summed E-state index contributed by atoms with van der Waals surface area (Å²) in [5, 5.41) is 0. The summed E-state index contributed by atoms with van der Waals surface area (Å²) in [4.78, 5) is 23.0. The van der Waals surface area contributed by atoms with Crippen LogP contribution >= 0.6 is 0 Å². The number of hydrogen-bond acceptors (Lipinski definition) is 5. The fraction of sp³-hybridized carbons (Fsp3) is 0.688. The number of likely N-dealkylation sites (tertiary alicyclic amines) is 2. The molecule has 2 aliphatic rings. The van der Waals surface area contributed by atoms with E-state index in [1.807, 2.05) is 4.90 Å². The molecule has 3 rings (SSSR count). The molecule has 0 aliphatic carbocycles. The third kappa shape index (κ3) is 3.77. The van der Waals surface area contributed by atoms with Crippen LogP contribution in [0.5, 0.6) is 0 Å². The van der Waals surface area contributed by atoms with E-state index in [0.717, 1.165) is 17.0 Å². The second kappa shape index (κ2) is 7.25. The fourth-order valence-corrected chi connectivity index (χ4v) is 3.83. The average Bonchev–Trinajstić information content (AvgIpc) is 3.25. The lowest BCUT2D eigenvalue weighted by atomic mass is 10.1. The SMILES string of the molecule is COC(C1CCCN1C(=O)C(F)(F)F)N1CCC(c2cnccn2)C1. The molecule has 1 aromatic heterocycles. The zero-order chi connectivity index (χ0) is 18.0. The Balaban J connectivity index is 1.71. The molecule has 2 saturated heterocycles. The van der Waals surface area contributed by atoms with Crippen LogP contribution in [-0.2, 0) is 9.53 Å². The molecule has 0 saturated carbocycles. The first kappa shape index (κ1) is 18.1. The van der Waals surface area contributed by atoms with Crippen LogP contribution in [0.1, 0.15) is 30.9 Å². The monoisotopic (exact) mass is 358 g/mol. The number of hydrogen-bond donors (Lipinski definition) is 0. The highest BCUT2D eigenvalue weighted by molar-refractivity contribution is 5.82. The lowest BCUT2D eigenvalue weighted by molar-refractivity contribution is -0.190. The number of carbonyl (C=O) groups excluding carboxylic acids is 1. The molecule has 1 amide bonds. The normalized spacial score (nSPS) is 26.2.